The van der Waals surface area contributed by atoms with E-state index in [4.69, 9.17) is 5.73 Å². The van der Waals surface area contributed by atoms with E-state index in [1.54, 1.807) is 6.07 Å². The Kier molecular flexibility index (Phi) is 4.65. The molecule has 2 aromatic rings. The van der Waals surface area contributed by atoms with Gasteiger partial charge in [0.1, 0.15) is 0 Å². The average Bonchev–Trinajstić information content (AvgIpc) is 3.09. The first kappa shape index (κ1) is 15.6. The topological polar surface area (TPSA) is 55.1 Å². The van der Waals surface area contributed by atoms with Gasteiger partial charge in [-0.05, 0) is 48.9 Å². The van der Waals surface area contributed by atoms with Gasteiger partial charge in [0.2, 0.25) is 0 Å². The largest absolute Gasteiger partial charge is 0.399 e. The van der Waals surface area contributed by atoms with Crippen LogP contribution in [0, 0.1) is 12.8 Å². The van der Waals surface area contributed by atoms with Crippen molar-refractivity contribution >= 4 is 11.6 Å². The second kappa shape index (κ2) is 6.86. The van der Waals surface area contributed by atoms with E-state index in [0.29, 0.717) is 17.2 Å². The number of nitrogens with two attached hydrogens (primary N) is 1. The van der Waals surface area contributed by atoms with Crippen LogP contribution in [-0.2, 0) is 0 Å². The van der Waals surface area contributed by atoms with E-state index in [1.165, 1.54) is 31.2 Å². The molecule has 0 aliphatic heterocycles. The van der Waals surface area contributed by atoms with Crippen LogP contribution in [0.2, 0.25) is 0 Å². The molecule has 3 heteroatoms. The summed E-state index contributed by atoms with van der Waals surface area (Å²) in [6.07, 6.45) is 4.86. The molecule has 3 rings (SSSR count). The number of carbonyl (C=O) groups is 1. The highest BCUT2D eigenvalue weighted by molar-refractivity contribution is 5.96. The number of benzene rings is 2. The third-order valence-electron chi connectivity index (χ3n) is 4.82. The third-order valence-corrected chi connectivity index (χ3v) is 4.82. The molecule has 1 saturated carbocycles. The van der Waals surface area contributed by atoms with Crippen molar-refractivity contribution in [2.45, 2.75) is 38.6 Å². The lowest BCUT2D eigenvalue weighted by molar-refractivity contribution is 0.0921. The summed E-state index contributed by atoms with van der Waals surface area (Å²) in [6, 6.07) is 15.9. The van der Waals surface area contributed by atoms with Gasteiger partial charge in [-0.3, -0.25) is 4.79 Å². The fraction of sp³-hybridized carbons (Fsp3) is 0.350. The molecular weight excluding hydrogens is 284 g/mol. The molecule has 0 saturated heterocycles. The predicted octanol–water partition coefficient (Wildman–Crippen LogP) is 4.24. The van der Waals surface area contributed by atoms with Gasteiger partial charge in [-0.15, -0.1) is 0 Å². The summed E-state index contributed by atoms with van der Waals surface area (Å²) < 4.78 is 0. The molecule has 0 aromatic heterocycles. The van der Waals surface area contributed by atoms with Crippen LogP contribution < -0.4 is 11.1 Å². The second-order valence-corrected chi connectivity index (χ2v) is 6.48. The first-order valence-electron chi connectivity index (χ1n) is 8.37. The van der Waals surface area contributed by atoms with Crippen LogP contribution >= 0.6 is 0 Å². The number of hydrogen-bond donors (Lipinski definition) is 2. The van der Waals surface area contributed by atoms with Gasteiger partial charge in [0, 0.05) is 11.3 Å². The van der Waals surface area contributed by atoms with Gasteiger partial charge < -0.3 is 11.1 Å². The molecule has 1 aliphatic carbocycles. The van der Waals surface area contributed by atoms with Gasteiger partial charge >= 0.3 is 0 Å². The minimum atomic E-state index is -0.0319. The van der Waals surface area contributed by atoms with Crippen molar-refractivity contribution < 1.29 is 4.79 Å². The maximum absolute atomic E-state index is 12.8. The lowest BCUT2D eigenvalue weighted by Gasteiger charge is -2.25. The van der Waals surface area contributed by atoms with Crippen LogP contribution in [0.25, 0.3) is 0 Å². The number of nitrogen functional groups attached to an aromatic ring is 1. The molecule has 0 heterocycles. The number of rotatable bonds is 4. The molecule has 23 heavy (non-hydrogen) atoms. The van der Waals surface area contributed by atoms with E-state index in [-0.39, 0.29) is 11.9 Å². The molecule has 120 valence electrons. The van der Waals surface area contributed by atoms with E-state index in [0.717, 1.165) is 5.56 Å². The van der Waals surface area contributed by atoms with Crippen molar-refractivity contribution in [2.24, 2.45) is 5.92 Å². The zero-order chi connectivity index (χ0) is 16.2. The molecule has 0 radical (unpaired) electrons. The van der Waals surface area contributed by atoms with Crippen LogP contribution in [0.3, 0.4) is 0 Å². The van der Waals surface area contributed by atoms with Crippen molar-refractivity contribution in [3.63, 3.8) is 0 Å². The number of amides is 1. The van der Waals surface area contributed by atoms with E-state index >= 15 is 0 Å². The first-order chi connectivity index (χ1) is 11.1. The Labute approximate surface area is 137 Å². The molecule has 1 aliphatic rings. The van der Waals surface area contributed by atoms with Crippen LogP contribution in [0.5, 0.6) is 0 Å². The van der Waals surface area contributed by atoms with Crippen LogP contribution in [0.1, 0.15) is 53.2 Å². The Morgan fingerprint density at radius 1 is 1.13 bits per heavy atom. The molecule has 0 spiro atoms. The minimum Gasteiger partial charge on any atom is -0.399 e. The maximum atomic E-state index is 12.8. The van der Waals surface area contributed by atoms with E-state index in [1.807, 2.05) is 37.3 Å². The third kappa shape index (κ3) is 3.55. The standard InChI is InChI=1S/C20H24N2O/c1-14-11-12-17(21)13-18(14)20(23)22-19(16-9-5-6-10-16)15-7-3-2-4-8-15/h2-4,7-8,11-13,16,19H,5-6,9-10,21H2,1H3,(H,22,23). The SMILES string of the molecule is Cc1ccc(N)cc1C(=O)NC(c1ccccc1)C1CCCC1. The van der Waals surface area contributed by atoms with Gasteiger partial charge in [0.05, 0.1) is 6.04 Å². The summed E-state index contributed by atoms with van der Waals surface area (Å²) in [5, 5.41) is 3.27. The Bertz CT molecular complexity index is 675. The number of carbonyl (C=O) groups excluding carboxylic acids is 1. The van der Waals surface area contributed by atoms with Crippen molar-refractivity contribution in [1.82, 2.24) is 5.32 Å². The van der Waals surface area contributed by atoms with Gasteiger partial charge in [0.25, 0.3) is 5.91 Å². The number of nitrogens with one attached hydrogen (secondary N) is 1. The molecular formula is C20H24N2O. The normalized spacial score (nSPS) is 16.2. The van der Waals surface area contributed by atoms with Gasteiger partial charge in [-0.1, -0.05) is 49.2 Å². The summed E-state index contributed by atoms with van der Waals surface area (Å²) >= 11 is 0. The molecule has 1 amide bonds. The van der Waals surface area contributed by atoms with E-state index < -0.39 is 0 Å². The van der Waals surface area contributed by atoms with Crippen molar-refractivity contribution in [3.8, 4) is 0 Å². The van der Waals surface area contributed by atoms with Crippen LogP contribution in [-0.4, -0.2) is 5.91 Å². The molecule has 1 atom stereocenters. The van der Waals surface area contributed by atoms with E-state index in [2.05, 4.69) is 17.4 Å². The molecule has 1 fully saturated rings. The molecule has 3 N–H and O–H groups in total. The summed E-state index contributed by atoms with van der Waals surface area (Å²) in [4.78, 5) is 12.8. The highest BCUT2D eigenvalue weighted by atomic mass is 16.1. The van der Waals surface area contributed by atoms with Gasteiger partial charge in [-0.25, -0.2) is 0 Å². The van der Waals surface area contributed by atoms with Gasteiger partial charge in [0.15, 0.2) is 0 Å². The predicted molar refractivity (Wildman–Crippen MR) is 94.2 cm³/mol. The van der Waals surface area contributed by atoms with Crippen molar-refractivity contribution in [2.75, 3.05) is 5.73 Å². The van der Waals surface area contributed by atoms with Crippen LogP contribution in [0.4, 0.5) is 5.69 Å². The number of aryl methyl sites for hydroxylation is 1. The smallest absolute Gasteiger partial charge is 0.252 e. The zero-order valence-electron chi connectivity index (χ0n) is 13.6. The Morgan fingerprint density at radius 3 is 2.52 bits per heavy atom. The molecule has 3 nitrogen and oxygen atoms in total. The first-order valence-corrected chi connectivity index (χ1v) is 8.37. The summed E-state index contributed by atoms with van der Waals surface area (Å²) in [5.74, 6) is 0.485. The maximum Gasteiger partial charge on any atom is 0.252 e. The number of anilines is 1. The number of hydrogen-bond acceptors (Lipinski definition) is 2. The Morgan fingerprint density at radius 2 is 1.83 bits per heavy atom. The molecule has 1 unspecified atom stereocenters. The molecule has 2 aromatic carbocycles. The second-order valence-electron chi connectivity index (χ2n) is 6.48. The summed E-state index contributed by atoms with van der Waals surface area (Å²) in [6.45, 7) is 1.95. The van der Waals surface area contributed by atoms with Crippen molar-refractivity contribution in [1.29, 1.82) is 0 Å². The van der Waals surface area contributed by atoms with Gasteiger partial charge in [-0.2, -0.15) is 0 Å². The van der Waals surface area contributed by atoms with E-state index in [9.17, 15) is 4.79 Å². The Hall–Kier alpha value is -2.29. The highest BCUT2D eigenvalue weighted by Crippen LogP contribution is 2.36. The Balaban J connectivity index is 1.86. The fourth-order valence-corrected chi connectivity index (χ4v) is 3.53. The fourth-order valence-electron chi connectivity index (χ4n) is 3.53. The van der Waals surface area contributed by atoms with Crippen LogP contribution in [0.15, 0.2) is 48.5 Å². The summed E-state index contributed by atoms with van der Waals surface area (Å²) in [7, 11) is 0. The highest BCUT2D eigenvalue weighted by Gasteiger charge is 2.28. The summed E-state index contributed by atoms with van der Waals surface area (Å²) in [5.41, 5.74) is 9.29. The zero-order valence-corrected chi connectivity index (χ0v) is 13.6. The average molecular weight is 308 g/mol. The van der Waals surface area contributed by atoms with Crippen molar-refractivity contribution in [3.05, 3.63) is 65.2 Å². The quantitative estimate of drug-likeness (QED) is 0.830. The minimum absolute atomic E-state index is 0.0319. The monoisotopic (exact) mass is 308 g/mol. The lowest BCUT2D eigenvalue weighted by Crippen LogP contribution is -2.33. The lowest BCUT2D eigenvalue weighted by atomic mass is 9.91. The molecule has 0 bridgehead atoms.